The fraction of sp³-hybridized carbons (Fsp3) is 0.929. The molecule has 2 rings (SSSR count). The zero-order valence-corrected chi connectivity index (χ0v) is 14.1. The van der Waals surface area contributed by atoms with Gasteiger partial charge in [0.2, 0.25) is 0 Å². The molecule has 0 aromatic carbocycles. The van der Waals surface area contributed by atoms with Crippen molar-refractivity contribution in [1.29, 1.82) is 0 Å². The Morgan fingerprint density at radius 3 is 2.33 bits per heavy atom. The molecule has 2 fully saturated rings. The van der Waals surface area contributed by atoms with Crippen molar-refractivity contribution in [2.45, 2.75) is 43.7 Å². The molecule has 0 aromatic rings. The largest absolute Gasteiger partial charge is 0.336 e. The molecular formula is C14H27N3O3S. The van der Waals surface area contributed by atoms with Crippen molar-refractivity contribution in [3.05, 3.63) is 0 Å². The predicted molar refractivity (Wildman–Crippen MR) is 83.1 cm³/mol. The van der Waals surface area contributed by atoms with Gasteiger partial charge in [0.1, 0.15) is 0 Å². The lowest BCUT2D eigenvalue weighted by atomic mass is 9.96. The van der Waals surface area contributed by atoms with Gasteiger partial charge in [-0.25, -0.2) is 13.2 Å². The van der Waals surface area contributed by atoms with Crippen LogP contribution < -0.4 is 5.32 Å². The summed E-state index contributed by atoms with van der Waals surface area (Å²) in [6, 6.07) is -0.348. The monoisotopic (exact) mass is 317 g/mol. The molecule has 0 aromatic heterocycles. The fourth-order valence-electron chi connectivity index (χ4n) is 3.43. The lowest BCUT2D eigenvalue weighted by molar-refractivity contribution is 0.145. The van der Waals surface area contributed by atoms with Crippen molar-refractivity contribution in [3.8, 4) is 0 Å². The third-order valence-electron chi connectivity index (χ3n) is 5.13. The zero-order valence-electron chi connectivity index (χ0n) is 13.3. The Bertz CT molecular complexity index is 484. The molecule has 7 heteroatoms. The highest BCUT2D eigenvalue weighted by Crippen LogP contribution is 2.33. The van der Waals surface area contributed by atoms with Gasteiger partial charge in [-0.05, 0) is 33.4 Å². The van der Waals surface area contributed by atoms with E-state index in [9.17, 15) is 13.2 Å². The molecule has 1 atom stereocenters. The molecule has 0 spiro atoms. The summed E-state index contributed by atoms with van der Waals surface area (Å²) in [4.78, 5) is 16.0. The van der Waals surface area contributed by atoms with E-state index in [-0.39, 0.29) is 29.1 Å². The van der Waals surface area contributed by atoms with Gasteiger partial charge >= 0.3 is 6.03 Å². The molecule has 1 aliphatic heterocycles. The number of carbonyl (C=O) groups excluding carboxylic acids is 1. The predicted octanol–water partition coefficient (Wildman–Crippen LogP) is 0.689. The molecule has 1 N–H and O–H groups in total. The number of likely N-dealkylation sites (N-methyl/N-ethyl adjacent to an activating group) is 1. The van der Waals surface area contributed by atoms with E-state index in [1.54, 1.807) is 11.9 Å². The minimum Gasteiger partial charge on any atom is -0.336 e. The summed E-state index contributed by atoms with van der Waals surface area (Å²) in [6.45, 7) is 0.628. The van der Waals surface area contributed by atoms with Crippen LogP contribution in [0.15, 0.2) is 0 Å². The van der Waals surface area contributed by atoms with Gasteiger partial charge < -0.3 is 15.1 Å². The molecule has 1 aliphatic carbocycles. The maximum atomic E-state index is 12.3. The molecule has 6 nitrogen and oxygen atoms in total. The number of hydrogen-bond donors (Lipinski definition) is 1. The lowest BCUT2D eigenvalue weighted by Gasteiger charge is -2.37. The summed E-state index contributed by atoms with van der Waals surface area (Å²) >= 11 is 0. The van der Waals surface area contributed by atoms with E-state index in [2.05, 4.69) is 24.3 Å². The van der Waals surface area contributed by atoms with E-state index in [1.165, 1.54) is 12.8 Å². The van der Waals surface area contributed by atoms with Crippen molar-refractivity contribution in [3.63, 3.8) is 0 Å². The quantitative estimate of drug-likeness (QED) is 0.828. The minimum atomic E-state index is -2.96. The van der Waals surface area contributed by atoms with E-state index in [0.29, 0.717) is 13.0 Å². The van der Waals surface area contributed by atoms with Crippen molar-refractivity contribution in [2.24, 2.45) is 0 Å². The molecule has 21 heavy (non-hydrogen) atoms. The highest BCUT2D eigenvalue weighted by Gasteiger charge is 2.37. The molecule has 122 valence electrons. The van der Waals surface area contributed by atoms with Crippen LogP contribution in [0.1, 0.15) is 32.1 Å². The minimum absolute atomic E-state index is 0.0538. The Kier molecular flexibility index (Phi) is 4.82. The van der Waals surface area contributed by atoms with Crippen LogP contribution in [-0.2, 0) is 9.84 Å². The molecule has 0 bridgehead atoms. The number of sulfone groups is 1. The summed E-state index contributed by atoms with van der Waals surface area (Å²) in [6.07, 6.45) is 5.14. The summed E-state index contributed by atoms with van der Waals surface area (Å²) < 4.78 is 23.0. The fourth-order valence-corrected chi connectivity index (χ4v) is 5.20. The average molecular weight is 317 g/mol. The summed E-state index contributed by atoms with van der Waals surface area (Å²) in [5, 5.41) is 3.00. The van der Waals surface area contributed by atoms with Gasteiger partial charge in [-0.2, -0.15) is 0 Å². The van der Waals surface area contributed by atoms with Crippen molar-refractivity contribution in [2.75, 3.05) is 39.2 Å². The third-order valence-corrected chi connectivity index (χ3v) is 6.88. The Labute approximate surface area is 127 Å². The van der Waals surface area contributed by atoms with Crippen LogP contribution in [0.2, 0.25) is 0 Å². The molecular weight excluding hydrogens is 290 g/mol. The smallest absolute Gasteiger partial charge is 0.317 e. The number of nitrogens with one attached hydrogen (secondary N) is 1. The van der Waals surface area contributed by atoms with Gasteiger partial charge in [0.25, 0.3) is 0 Å². The summed E-state index contributed by atoms with van der Waals surface area (Å²) in [5.41, 5.74) is 0.0538. The molecule has 0 radical (unpaired) electrons. The number of amides is 2. The normalized spacial score (nSPS) is 27.0. The van der Waals surface area contributed by atoms with Crippen LogP contribution in [0, 0.1) is 0 Å². The highest BCUT2D eigenvalue weighted by molar-refractivity contribution is 7.91. The van der Waals surface area contributed by atoms with Crippen LogP contribution in [0.25, 0.3) is 0 Å². The number of nitrogens with zero attached hydrogens (tertiary/aromatic N) is 2. The second kappa shape index (κ2) is 6.12. The Hall–Kier alpha value is -0.820. The van der Waals surface area contributed by atoms with Crippen LogP contribution in [0.3, 0.4) is 0 Å². The van der Waals surface area contributed by atoms with Crippen LogP contribution in [0.5, 0.6) is 0 Å². The number of hydrogen-bond acceptors (Lipinski definition) is 4. The van der Waals surface area contributed by atoms with Gasteiger partial charge in [0.15, 0.2) is 9.84 Å². The number of carbonyl (C=O) groups is 1. The molecule has 2 aliphatic rings. The first-order valence-corrected chi connectivity index (χ1v) is 9.46. The topological polar surface area (TPSA) is 69.7 Å². The standard InChI is InChI=1S/C14H27N3O3S/c1-16(2)14(7-4-5-8-14)11-15-13(18)17(3)12-6-9-21(19,20)10-12/h12H,4-11H2,1-3H3,(H,15,18)/t12-/m1/s1. The Morgan fingerprint density at radius 2 is 1.86 bits per heavy atom. The summed E-state index contributed by atoms with van der Waals surface area (Å²) in [7, 11) is 2.85. The van der Waals surface area contributed by atoms with Crippen molar-refractivity contribution >= 4 is 15.9 Å². The first kappa shape index (κ1) is 16.5. The molecule has 2 amide bonds. The molecule has 0 unspecified atom stereocenters. The second-order valence-electron chi connectivity index (χ2n) is 6.65. The van der Waals surface area contributed by atoms with Gasteiger partial charge in [-0.15, -0.1) is 0 Å². The zero-order chi connectivity index (χ0) is 15.7. The molecule has 1 heterocycles. The van der Waals surface area contributed by atoms with Crippen molar-refractivity contribution < 1.29 is 13.2 Å². The maximum absolute atomic E-state index is 12.3. The van der Waals surface area contributed by atoms with Crippen LogP contribution in [0.4, 0.5) is 4.79 Å². The van der Waals surface area contributed by atoms with E-state index < -0.39 is 9.84 Å². The number of rotatable bonds is 4. The van der Waals surface area contributed by atoms with Crippen LogP contribution >= 0.6 is 0 Å². The van der Waals surface area contributed by atoms with E-state index in [0.717, 1.165) is 12.8 Å². The van der Waals surface area contributed by atoms with Crippen LogP contribution in [-0.4, -0.2) is 75.0 Å². The Balaban J connectivity index is 1.89. The van der Waals surface area contributed by atoms with E-state index >= 15 is 0 Å². The highest BCUT2D eigenvalue weighted by atomic mass is 32.2. The molecule has 1 saturated heterocycles. The Morgan fingerprint density at radius 1 is 1.24 bits per heavy atom. The molecule has 1 saturated carbocycles. The van der Waals surface area contributed by atoms with E-state index in [4.69, 9.17) is 0 Å². The SMILES string of the molecule is CN(C(=O)NCC1(N(C)C)CCCC1)[C@@H]1CCS(=O)(=O)C1. The second-order valence-corrected chi connectivity index (χ2v) is 8.88. The average Bonchev–Trinajstić information content (AvgIpc) is 3.02. The van der Waals surface area contributed by atoms with Gasteiger partial charge in [0, 0.05) is 25.2 Å². The summed E-state index contributed by atoms with van der Waals surface area (Å²) in [5.74, 6) is 0.284. The van der Waals surface area contributed by atoms with E-state index in [1.807, 2.05) is 0 Å². The third kappa shape index (κ3) is 3.69. The van der Waals surface area contributed by atoms with Crippen molar-refractivity contribution in [1.82, 2.24) is 15.1 Å². The van der Waals surface area contributed by atoms with Gasteiger partial charge in [-0.3, -0.25) is 0 Å². The van der Waals surface area contributed by atoms with Gasteiger partial charge in [-0.1, -0.05) is 12.8 Å². The first-order valence-electron chi connectivity index (χ1n) is 7.64. The van der Waals surface area contributed by atoms with Gasteiger partial charge in [0.05, 0.1) is 11.5 Å². The number of urea groups is 1. The lowest BCUT2D eigenvalue weighted by Crippen LogP contribution is -2.54. The maximum Gasteiger partial charge on any atom is 0.317 e. The first-order chi connectivity index (χ1) is 9.76.